The van der Waals surface area contributed by atoms with Crippen molar-refractivity contribution < 1.29 is 13.5 Å². The molecule has 0 saturated carbocycles. The van der Waals surface area contributed by atoms with Crippen LogP contribution in [0, 0.1) is 5.92 Å². The third-order valence-electron chi connectivity index (χ3n) is 3.03. The lowest BCUT2D eigenvalue weighted by molar-refractivity contribution is 0.0437. The lowest BCUT2D eigenvalue weighted by Crippen LogP contribution is -2.41. The van der Waals surface area contributed by atoms with Crippen LogP contribution >= 0.6 is 11.7 Å². The molecule has 0 radical (unpaired) electrons. The minimum absolute atomic E-state index is 0.0402. The summed E-state index contributed by atoms with van der Waals surface area (Å²) in [6.07, 6.45) is 0.512. The number of hydrogen-bond acceptors (Lipinski definition) is 6. The summed E-state index contributed by atoms with van der Waals surface area (Å²) >= 11 is 0.974. The van der Waals surface area contributed by atoms with Crippen LogP contribution in [0.3, 0.4) is 0 Å². The van der Waals surface area contributed by atoms with Crippen LogP contribution in [-0.4, -0.2) is 34.4 Å². The van der Waals surface area contributed by atoms with Crippen LogP contribution in [0.1, 0.15) is 27.2 Å². The van der Waals surface area contributed by atoms with Crippen molar-refractivity contribution in [2.24, 2.45) is 5.92 Å². The summed E-state index contributed by atoms with van der Waals surface area (Å²) in [7, 11) is -3.73. The quantitative estimate of drug-likeness (QED) is 0.842. The normalized spacial score (nSPS) is 15.5. The van der Waals surface area contributed by atoms with Gasteiger partial charge in [-0.15, -0.1) is 0 Å². The molecule has 0 amide bonds. The van der Waals surface area contributed by atoms with Gasteiger partial charge in [-0.1, -0.05) is 19.9 Å². The molecule has 0 aliphatic rings. The summed E-state index contributed by atoms with van der Waals surface area (Å²) in [5.41, 5.74) is -0.176. The molecule has 1 unspecified atom stereocenters. The van der Waals surface area contributed by atoms with E-state index >= 15 is 0 Å². The summed E-state index contributed by atoms with van der Waals surface area (Å²) in [6.45, 7) is 5.54. The average molecular weight is 329 g/mol. The molecule has 2 rings (SSSR count). The molecule has 0 spiro atoms. The van der Waals surface area contributed by atoms with Gasteiger partial charge in [-0.25, -0.2) is 13.1 Å². The molecule has 2 N–H and O–H groups in total. The Kier molecular flexibility index (Phi) is 4.62. The second-order valence-electron chi connectivity index (χ2n) is 5.81. The molecule has 1 aromatic heterocycles. The van der Waals surface area contributed by atoms with Crippen LogP contribution in [0.15, 0.2) is 23.1 Å². The first-order chi connectivity index (χ1) is 9.71. The minimum atomic E-state index is -3.73. The molecular formula is C13H19N3O3S2. The van der Waals surface area contributed by atoms with Crippen molar-refractivity contribution in [3.63, 3.8) is 0 Å². The van der Waals surface area contributed by atoms with Crippen molar-refractivity contribution >= 4 is 32.8 Å². The second-order valence-corrected chi connectivity index (χ2v) is 8.07. The van der Waals surface area contributed by atoms with E-state index in [4.69, 9.17) is 0 Å². The number of aromatic nitrogens is 2. The molecule has 8 heteroatoms. The first kappa shape index (κ1) is 16.3. The Morgan fingerprint density at radius 3 is 2.76 bits per heavy atom. The van der Waals surface area contributed by atoms with Crippen molar-refractivity contribution in [2.45, 2.75) is 37.7 Å². The fraction of sp³-hybridized carbons (Fsp3) is 0.538. The molecule has 6 nitrogen and oxygen atoms in total. The summed E-state index contributed by atoms with van der Waals surface area (Å²) < 4.78 is 35.3. The number of rotatable bonds is 6. The molecule has 1 aromatic carbocycles. The summed E-state index contributed by atoms with van der Waals surface area (Å²) in [6, 6.07) is 4.83. The molecule has 0 aliphatic carbocycles. The largest absolute Gasteiger partial charge is 0.389 e. The van der Waals surface area contributed by atoms with E-state index in [1.54, 1.807) is 19.1 Å². The lowest BCUT2D eigenvalue weighted by Gasteiger charge is -2.25. The maximum Gasteiger partial charge on any atom is 0.242 e. The number of benzene rings is 1. The molecule has 1 heterocycles. The average Bonchev–Trinajstić information content (AvgIpc) is 2.83. The molecule has 116 valence electrons. The van der Waals surface area contributed by atoms with Crippen molar-refractivity contribution in [2.75, 3.05) is 6.54 Å². The van der Waals surface area contributed by atoms with Crippen LogP contribution in [0.25, 0.3) is 11.0 Å². The Morgan fingerprint density at radius 2 is 2.10 bits per heavy atom. The van der Waals surface area contributed by atoms with Gasteiger partial charge in [0.15, 0.2) is 0 Å². The highest BCUT2D eigenvalue weighted by Crippen LogP contribution is 2.22. The smallest absolute Gasteiger partial charge is 0.242 e. The molecule has 21 heavy (non-hydrogen) atoms. The molecule has 0 fully saturated rings. The third kappa shape index (κ3) is 3.97. The van der Waals surface area contributed by atoms with Crippen LogP contribution in [0.4, 0.5) is 0 Å². The number of nitrogens with zero attached hydrogens (tertiary/aromatic N) is 2. The van der Waals surface area contributed by atoms with E-state index in [1.807, 2.05) is 13.8 Å². The molecule has 0 saturated heterocycles. The highest BCUT2D eigenvalue weighted by atomic mass is 32.2. The van der Waals surface area contributed by atoms with Gasteiger partial charge in [0.05, 0.1) is 17.3 Å². The van der Waals surface area contributed by atoms with Gasteiger partial charge in [-0.3, -0.25) is 0 Å². The third-order valence-corrected chi connectivity index (χ3v) is 5.00. The second kappa shape index (κ2) is 5.96. The summed E-state index contributed by atoms with van der Waals surface area (Å²) in [5.74, 6) is 0.274. The fourth-order valence-electron chi connectivity index (χ4n) is 2.28. The van der Waals surface area contributed by atoms with E-state index in [0.717, 1.165) is 11.7 Å². The van der Waals surface area contributed by atoms with Crippen molar-refractivity contribution in [3.8, 4) is 0 Å². The van der Waals surface area contributed by atoms with E-state index in [-0.39, 0.29) is 17.4 Å². The predicted octanol–water partition coefficient (Wildman–Crippen LogP) is 1.77. The molecular weight excluding hydrogens is 310 g/mol. The minimum Gasteiger partial charge on any atom is -0.389 e. The van der Waals surface area contributed by atoms with E-state index in [2.05, 4.69) is 13.5 Å². The van der Waals surface area contributed by atoms with Gasteiger partial charge in [0.2, 0.25) is 10.0 Å². The number of fused-ring (bicyclic) bond motifs is 1. The van der Waals surface area contributed by atoms with Gasteiger partial charge in [-0.05, 0) is 31.4 Å². The number of aliphatic hydroxyl groups is 1. The van der Waals surface area contributed by atoms with Crippen LogP contribution in [-0.2, 0) is 10.0 Å². The van der Waals surface area contributed by atoms with Gasteiger partial charge in [0, 0.05) is 6.54 Å². The van der Waals surface area contributed by atoms with Gasteiger partial charge in [0.25, 0.3) is 0 Å². The molecule has 0 bridgehead atoms. The highest BCUT2D eigenvalue weighted by molar-refractivity contribution is 7.89. The van der Waals surface area contributed by atoms with E-state index < -0.39 is 15.6 Å². The maximum absolute atomic E-state index is 12.4. The maximum atomic E-state index is 12.4. The zero-order valence-corrected chi connectivity index (χ0v) is 13.8. The summed E-state index contributed by atoms with van der Waals surface area (Å²) in [4.78, 5) is 0.0918. The van der Waals surface area contributed by atoms with Crippen LogP contribution in [0.5, 0.6) is 0 Å². The Labute approximate surface area is 128 Å². The predicted molar refractivity (Wildman–Crippen MR) is 82.7 cm³/mol. The Hall–Kier alpha value is -1.09. The van der Waals surface area contributed by atoms with Crippen LogP contribution in [0.2, 0.25) is 0 Å². The SMILES string of the molecule is CC(C)CC(C)(O)CNS(=O)(=O)c1cccc2nsnc12. The Balaban J connectivity index is 2.21. The Bertz CT molecular complexity index is 723. The van der Waals surface area contributed by atoms with Crippen LogP contribution < -0.4 is 4.72 Å². The van der Waals surface area contributed by atoms with Gasteiger partial charge in [0.1, 0.15) is 15.9 Å². The lowest BCUT2D eigenvalue weighted by atomic mass is 9.95. The monoisotopic (exact) mass is 329 g/mol. The number of sulfonamides is 1. The van der Waals surface area contributed by atoms with Gasteiger partial charge in [-0.2, -0.15) is 8.75 Å². The Morgan fingerprint density at radius 1 is 1.38 bits per heavy atom. The van der Waals surface area contributed by atoms with Gasteiger partial charge >= 0.3 is 0 Å². The molecule has 2 aromatic rings. The van der Waals surface area contributed by atoms with E-state index in [0.29, 0.717) is 17.5 Å². The fourth-order valence-corrected chi connectivity index (χ4v) is 4.20. The summed E-state index contributed by atoms with van der Waals surface area (Å²) in [5, 5.41) is 10.2. The zero-order chi connectivity index (χ0) is 15.7. The number of nitrogens with one attached hydrogen (secondary N) is 1. The first-order valence-corrected chi connectivity index (χ1v) is 8.86. The number of hydrogen-bond donors (Lipinski definition) is 2. The first-order valence-electron chi connectivity index (χ1n) is 6.65. The standard InChI is InChI=1S/C13H19N3O3S2/c1-9(2)7-13(3,17)8-14-21(18,19)11-6-4-5-10-12(11)16-20-15-10/h4-6,9,14,17H,7-8H2,1-3H3. The van der Waals surface area contributed by atoms with Gasteiger partial charge < -0.3 is 5.11 Å². The highest BCUT2D eigenvalue weighted by Gasteiger charge is 2.26. The molecule has 1 atom stereocenters. The van der Waals surface area contributed by atoms with E-state index in [1.165, 1.54) is 6.07 Å². The zero-order valence-electron chi connectivity index (χ0n) is 12.2. The van der Waals surface area contributed by atoms with Crippen molar-refractivity contribution in [1.29, 1.82) is 0 Å². The molecule has 0 aliphatic heterocycles. The topological polar surface area (TPSA) is 92.2 Å². The van der Waals surface area contributed by atoms with Crippen molar-refractivity contribution in [3.05, 3.63) is 18.2 Å². The van der Waals surface area contributed by atoms with E-state index in [9.17, 15) is 13.5 Å². The van der Waals surface area contributed by atoms with Crippen molar-refractivity contribution in [1.82, 2.24) is 13.5 Å².